The van der Waals surface area contributed by atoms with Crippen molar-refractivity contribution in [2.24, 2.45) is 7.05 Å². The van der Waals surface area contributed by atoms with Crippen molar-refractivity contribution in [1.29, 1.82) is 0 Å². The molecule has 0 N–H and O–H groups in total. The van der Waals surface area contributed by atoms with Crippen molar-refractivity contribution >= 4 is 44.6 Å². The van der Waals surface area contributed by atoms with Crippen molar-refractivity contribution in [3.8, 4) is 44.9 Å². The van der Waals surface area contributed by atoms with Crippen molar-refractivity contribution < 1.29 is 21.1 Å². The topological polar surface area (TPSA) is 27.7 Å². The van der Waals surface area contributed by atoms with Crippen LogP contribution in [0.5, 0.6) is 0 Å². The van der Waals surface area contributed by atoms with Gasteiger partial charge >= 0.3 is 0 Å². The van der Waals surface area contributed by atoms with E-state index >= 15 is 0 Å². The Morgan fingerprint density at radius 3 is 1.93 bits per heavy atom. The maximum atomic E-state index is 5.02. The molecule has 0 radical (unpaired) electrons. The molecule has 0 aliphatic heterocycles. The van der Waals surface area contributed by atoms with Gasteiger partial charge in [0.1, 0.15) is 5.82 Å². The Kier molecular flexibility index (Phi) is 9.27. The van der Waals surface area contributed by atoms with Crippen LogP contribution in [0.3, 0.4) is 0 Å². The van der Waals surface area contributed by atoms with E-state index in [0.29, 0.717) is 0 Å². The van der Waals surface area contributed by atoms with Gasteiger partial charge in [-0.3, -0.25) is 0 Å². The number of benzene rings is 7. The Labute approximate surface area is 338 Å². The average molecular weight is 905 g/mol. The van der Waals surface area contributed by atoms with Crippen LogP contribution < -0.4 is 0 Å². The third kappa shape index (κ3) is 6.30. The van der Waals surface area contributed by atoms with Gasteiger partial charge in [0, 0.05) is 57.6 Å². The summed E-state index contributed by atoms with van der Waals surface area (Å²) in [6.07, 6.45) is 4.05. The summed E-state index contributed by atoms with van der Waals surface area (Å²) >= 11 is 1.67. The zero-order valence-corrected chi connectivity index (χ0v) is 32.9. The van der Waals surface area contributed by atoms with Crippen LogP contribution in [-0.2, 0) is 28.1 Å². The van der Waals surface area contributed by atoms with Crippen LogP contribution in [0.4, 0.5) is 0 Å². The number of pyridine rings is 1. The van der Waals surface area contributed by atoms with E-state index < -0.39 is 0 Å². The zero-order chi connectivity index (χ0) is 36.0. The second-order valence-electron chi connectivity index (χ2n) is 13.4. The Balaban J connectivity index is 0.00000397. The van der Waals surface area contributed by atoms with Crippen LogP contribution in [0.1, 0.15) is 0 Å². The number of hydrogen-bond donors (Lipinski definition) is 0. The Hall–Kier alpha value is -6.00. The molecule has 10 rings (SSSR count). The zero-order valence-electron chi connectivity index (χ0n) is 29.8. The molecule has 0 atom stereocenters. The molecule has 0 unspecified atom stereocenters. The molecule has 0 bridgehead atoms. The summed E-state index contributed by atoms with van der Waals surface area (Å²) in [6, 6.07) is 67.5. The summed E-state index contributed by atoms with van der Waals surface area (Å²) in [5.74, 6) is 0.847. The first kappa shape index (κ1) is 34.7. The normalized spacial score (nSPS) is 11.3. The number of fused-ring (bicyclic) bond motifs is 4. The fourth-order valence-electron chi connectivity index (χ4n) is 7.66. The number of aromatic nitrogens is 4. The van der Waals surface area contributed by atoms with Crippen LogP contribution in [0.15, 0.2) is 192 Å². The summed E-state index contributed by atoms with van der Waals surface area (Å²) < 4.78 is 6.61. The molecule has 0 saturated heterocycles. The number of rotatable bonds is 7. The molecule has 0 spiro atoms. The first-order valence-corrected chi connectivity index (χ1v) is 18.8. The van der Waals surface area contributed by atoms with Gasteiger partial charge in [0.05, 0.1) is 0 Å². The van der Waals surface area contributed by atoms with Crippen LogP contribution >= 0.6 is 11.8 Å². The minimum absolute atomic E-state index is 0. The van der Waals surface area contributed by atoms with E-state index in [0.717, 1.165) is 48.8 Å². The van der Waals surface area contributed by atoms with Gasteiger partial charge in [-0.2, -0.15) is 24.3 Å². The van der Waals surface area contributed by atoms with E-state index in [1.165, 1.54) is 38.7 Å². The van der Waals surface area contributed by atoms with Crippen molar-refractivity contribution in [1.82, 2.24) is 18.7 Å². The van der Waals surface area contributed by atoms with Crippen molar-refractivity contribution in [2.45, 2.75) is 9.79 Å². The molecule has 3 aromatic heterocycles. The number of nitrogens with zero attached hydrogens (tertiary/aromatic N) is 4. The van der Waals surface area contributed by atoms with Crippen LogP contribution in [0, 0.1) is 12.1 Å². The predicted molar refractivity (Wildman–Crippen MR) is 223 cm³/mol. The first-order chi connectivity index (χ1) is 26.7. The quantitative estimate of drug-likeness (QED) is 0.149. The first-order valence-electron chi connectivity index (χ1n) is 18.0. The van der Waals surface area contributed by atoms with Gasteiger partial charge in [-0.25, -0.2) is 14.1 Å². The molecule has 7 aromatic carbocycles. The molecule has 0 fully saturated rings. The molecule has 10 aromatic rings. The maximum absolute atomic E-state index is 5.02. The summed E-state index contributed by atoms with van der Waals surface area (Å²) in [6.45, 7) is 0. The number of para-hydroxylation sites is 3. The summed E-state index contributed by atoms with van der Waals surface area (Å²) in [5.41, 5.74) is 12.4. The second kappa shape index (κ2) is 14.7. The molecule has 55 heavy (non-hydrogen) atoms. The standard InChI is InChI=1S/C49H33N4S.Pt/c1-51-33-52(46-25-11-10-24-45(46)51)37-18-12-19-38(31-37)54-39-26-27-43-42-20-8-9-23-44(42)53(47(43)32-39)48-30-36(28-29-50-48)49-40(34-14-4-2-5-15-34)21-13-22-41(49)35-16-6-3-7-17-35;/h2-30,33H,1H3;/q-1;. The van der Waals surface area contributed by atoms with E-state index in [-0.39, 0.29) is 21.1 Å². The molecular formula is C49H33N4PtS-. The number of imidazole rings is 1. The van der Waals surface area contributed by atoms with Gasteiger partial charge < -0.3 is 4.57 Å². The van der Waals surface area contributed by atoms with Crippen LogP contribution in [-0.4, -0.2) is 18.7 Å². The van der Waals surface area contributed by atoms with Crippen molar-refractivity contribution in [3.05, 3.63) is 195 Å². The SMILES string of the molecule is Cn1[cH+]n(-c2[c-]c(Sc3[c-]c4c(cc3)c3ccccc3n4-c3cc(-c4c(-c5ccccc5)cccc4-c4ccccc4)ccn3)ccc2)c2ccccc21.[Pt]. The average Bonchev–Trinajstić information content (AvgIpc) is 3.75. The monoisotopic (exact) mass is 904 g/mol. The second-order valence-corrected chi connectivity index (χ2v) is 14.5. The van der Waals surface area contributed by atoms with Crippen molar-refractivity contribution in [3.63, 3.8) is 0 Å². The van der Waals surface area contributed by atoms with Crippen LogP contribution in [0.25, 0.3) is 77.7 Å². The van der Waals surface area contributed by atoms with Gasteiger partial charge in [0.2, 0.25) is 0 Å². The van der Waals surface area contributed by atoms with E-state index in [2.05, 4.69) is 209 Å². The Morgan fingerprint density at radius 1 is 0.545 bits per heavy atom. The van der Waals surface area contributed by atoms with Gasteiger partial charge in [0.15, 0.2) is 17.4 Å². The fraction of sp³-hybridized carbons (Fsp3) is 0.0204. The number of hydrogen-bond acceptors (Lipinski definition) is 2. The Bertz CT molecular complexity index is 2930. The molecule has 0 aliphatic carbocycles. The molecule has 3 heterocycles. The van der Waals surface area contributed by atoms with Gasteiger partial charge in [-0.1, -0.05) is 114 Å². The molecule has 6 heteroatoms. The van der Waals surface area contributed by atoms with Crippen molar-refractivity contribution in [2.75, 3.05) is 0 Å². The van der Waals surface area contributed by atoms with Gasteiger partial charge in [0.25, 0.3) is 0 Å². The predicted octanol–water partition coefficient (Wildman–Crippen LogP) is 12.5. The molecule has 0 amide bonds. The number of aryl methyl sites for hydroxylation is 1. The summed E-state index contributed by atoms with van der Waals surface area (Å²) in [7, 11) is 2.08. The minimum Gasteiger partial charge on any atom is -0.319 e. The largest absolute Gasteiger partial charge is 0.319 e. The summed E-state index contributed by atoms with van der Waals surface area (Å²) in [5, 5.41) is 2.31. The third-order valence-corrected chi connectivity index (χ3v) is 11.0. The molecule has 0 saturated carbocycles. The van der Waals surface area contributed by atoms with E-state index in [1.54, 1.807) is 11.8 Å². The molecule has 0 aliphatic rings. The van der Waals surface area contributed by atoms with E-state index in [1.807, 2.05) is 6.20 Å². The molecular weight excluding hydrogens is 872 g/mol. The molecule has 4 nitrogen and oxygen atoms in total. The fourth-order valence-corrected chi connectivity index (χ4v) is 8.48. The minimum atomic E-state index is 0. The smallest absolute Gasteiger partial charge is 0.188 e. The van der Waals surface area contributed by atoms with Gasteiger partial charge in [-0.05, 0) is 69.1 Å². The maximum Gasteiger partial charge on any atom is 0.188 e. The summed E-state index contributed by atoms with van der Waals surface area (Å²) in [4.78, 5) is 7.06. The van der Waals surface area contributed by atoms with Gasteiger partial charge in [-0.15, -0.1) is 34.2 Å². The third-order valence-electron chi connectivity index (χ3n) is 10.1. The van der Waals surface area contributed by atoms with E-state index in [4.69, 9.17) is 4.98 Å². The Morgan fingerprint density at radius 2 is 1.18 bits per heavy atom. The molecule has 266 valence electrons. The van der Waals surface area contributed by atoms with Crippen LogP contribution in [0.2, 0.25) is 0 Å². The van der Waals surface area contributed by atoms with E-state index in [9.17, 15) is 0 Å².